The van der Waals surface area contributed by atoms with Crippen LogP contribution in [0.3, 0.4) is 0 Å². The van der Waals surface area contributed by atoms with Gasteiger partial charge in [-0.2, -0.15) is 9.62 Å². The molecule has 1 unspecified atom stereocenters. The summed E-state index contributed by atoms with van der Waals surface area (Å²) in [5, 5.41) is 11.8. The lowest BCUT2D eigenvalue weighted by Gasteiger charge is -2.13. The lowest BCUT2D eigenvalue weighted by molar-refractivity contribution is 0.305. The summed E-state index contributed by atoms with van der Waals surface area (Å²) in [4.78, 5) is 8.39. The quantitative estimate of drug-likeness (QED) is 0.300. The molecule has 0 spiro atoms. The number of nitriles is 1. The van der Waals surface area contributed by atoms with Gasteiger partial charge in [-0.05, 0) is 41.6 Å². The summed E-state index contributed by atoms with van der Waals surface area (Å²) in [5.41, 5.74) is 2.88. The van der Waals surface area contributed by atoms with E-state index in [4.69, 9.17) is 10.00 Å². The fraction of sp³-hybridized carbons (Fsp3) is 0.115. The van der Waals surface area contributed by atoms with Crippen molar-refractivity contribution in [3.63, 3.8) is 0 Å². The highest BCUT2D eigenvalue weighted by Crippen LogP contribution is 2.32. The van der Waals surface area contributed by atoms with E-state index in [0.717, 1.165) is 17.3 Å². The summed E-state index contributed by atoms with van der Waals surface area (Å²) in [6.45, 7) is 0.194. The minimum Gasteiger partial charge on any atom is -0.488 e. The maximum atomic E-state index is 14.8. The fourth-order valence-corrected chi connectivity index (χ4v) is 4.24. The molecular weight excluding hydrogens is 468 g/mol. The first-order chi connectivity index (χ1) is 17.0. The Bertz CT molecular complexity index is 1410. The third-order valence-corrected chi connectivity index (χ3v) is 6.08. The van der Waals surface area contributed by atoms with Gasteiger partial charge in [0.2, 0.25) is 12.1 Å². The Labute approximate surface area is 204 Å². The number of hydrogen-bond acceptors (Lipinski definition) is 6. The van der Waals surface area contributed by atoms with Gasteiger partial charge >= 0.3 is 0 Å². The molecule has 1 N–H and O–H groups in total. The Balaban J connectivity index is 1.60. The third-order valence-electron chi connectivity index (χ3n) is 4.94. The molecule has 0 radical (unpaired) electrons. The molecule has 0 bridgehead atoms. The van der Waals surface area contributed by atoms with Crippen LogP contribution in [0.5, 0.6) is 5.75 Å². The minimum atomic E-state index is -0.659. The van der Waals surface area contributed by atoms with Crippen molar-refractivity contribution < 1.29 is 13.5 Å². The van der Waals surface area contributed by atoms with E-state index >= 15 is 0 Å². The van der Waals surface area contributed by atoms with Gasteiger partial charge in [-0.3, -0.25) is 0 Å². The van der Waals surface area contributed by atoms with Gasteiger partial charge in [-0.15, -0.1) is 0 Å². The molecule has 35 heavy (non-hydrogen) atoms. The van der Waals surface area contributed by atoms with E-state index in [9.17, 15) is 8.78 Å². The zero-order valence-corrected chi connectivity index (χ0v) is 19.6. The molecule has 176 valence electrons. The number of halogens is 2. The van der Waals surface area contributed by atoms with Gasteiger partial charge in [0, 0.05) is 23.1 Å². The molecule has 1 atom stereocenters. The van der Waals surface area contributed by atoms with Gasteiger partial charge in [0.05, 0.1) is 6.20 Å². The van der Waals surface area contributed by atoms with Gasteiger partial charge in [0.15, 0.2) is 5.82 Å². The second-order valence-electron chi connectivity index (χ2n) is 7.57. The van der Waals surface area contributed by atoms with Crippen LogP contribution in [0.25, 0.3) is 11.3 Å². The van der Waals surface area contributed by atoms with Gasteiger partial charge in [0.1, 0.15) is 23.9 Å². The van der Waals surface area contributed by atoms with Crippen molar-refractivity contribution in [2.24, 2.45) is 4.36 Å². The van der Waals surface area contributed by atoms with E-state index in [1.54, 1.807) is 0 Å². The summed E-state index contributed by atoms with van der Waals surface area (Å²) in [5.74, 6) is -0.186. The van der Waals surface area contributed by atoms with E-state index in [-0.39, 0.29) is 24.0 Å². The van der Waals surface area contributed by atoms with Gasteiger partial charge in [-0.1, -0.05) is 53.2 Å². The first-order valence-electron chi connectivity index (χ1n) is 10.6. The summed E-state index contributed by atoms with van der Waals surface area (Å²) < 4.78 is 38.4. The number of rotatable bonds is 8. The number of aromatic nitrogens is 2. The molecule has 4 aromatic rings. The third kappa shape index (κ3) is 6.46. The Hall–Kier alpha value is -4.16. The second kappa shape index (κ2) is 11.3. The Morgan fingerprint density at radius 2 is 1.83 bits per heavy atom. The Kier molecular flexibility index (Phi) is 7.75. The molecule has 1 heterocycles. The summed E-state index contributed by atoms with van der Waals surface area (Å²) in [6, 6.07) is 20.8. The molecule has 0 aliphatic rings. The highest BCUT2D eigenvalue weighted by atomic mass is 32.2. The molecule has 0 aliphatic heterocycles. The van der Waals surface area contributed by atoms with E-state index in [1.165, 1.54) is 18.2 Å². The smallest absolute Gasteiger partial charge is 0.227 e. The Morgan fingerprint density at radius 3 is 2.63 bits per heavy atom. The van der Waals surface area contributed by atoms with Crippen LogP contribution in [0.15, 0.2) is 83.4 Å². The number of hydrogen-bond donors (Lipinski definition) is 1. The molecule has 0 amide bonds. The molecule has 1 aromatic heterocycles. The van der Waals surface area contributed by atoms with Crippen LogP contribution in [0.2, 0.25) is 0 Å². The fourth-order valence-electron chi connectivity index (χ4n) is 3.37. The van der Waals surface area contributed by atoms with Gasteiger partial charge < -0.3 is 10.1 Å². The first kappa shape index (κ1) is 24.0. The van der Waals surface area contributed by atoms with E-state index < -0.39 is 22.3 Å². The highest BCUT2D eigenvalue weighted by molar-refractivity contribution is 7.85. The standard InChI is InChI=1S/C26H21F2N5OS/c1-35(31-17-29)16-19-8-5-9-21(12-19)32-26-30-14-23(28)25(33-26)22-11-10-20(27)13-24(22)34-15-18-6-3-2-4-7-18/h2-14H,15-16H2,1H3,(H,30,32,33). The number of ether oxygens (including phenoxy) is 1. The van der Waals surface area contributed by atoms with E-state index in [2.05, 4.69) is 19.6 Å². The van der Waals surface area contributed by atoms with Crippen molar-refractivity contribution in [2.75, 3.05) is 11.6 Å². The molecular formula is C26H21F2N5OS. The van der Waals surface area contributed by atoms with Crippen LogP contribution >= 0.6 is 0 Å². The summed E-state index contributed by atoms with van der Waals surface area (Å²) in [7, 11) is -0.417. The molecule has 0 aliphatic carbocycles. The SMILES string of the molecule is C/S(Cc1cccc(Nc2ncc(F)c(-c3ccc(F)cc3OCc3ccccc3)n2)c1)=N/C#N. The maximum Gasteiger partial charge on any atom is 0.227 e. The second-order valence-corrected chi connectivity index (χ2v) is 9.24. The maximum absolute atomic E-state index is 14.8. The predicted octanol–water partition coefficient (Wildman–Crippen LogP) is 6.16. The minimum absolute atomic E-state index is 0.00959. The van der Waals surface area contributed by atoms with E-state index in [1.807, 2.05) is 67.0 Å². The van der Waals surface area contributed by atoms with Crippen molar-refractivity contribution in [1.82, 2.24) is 9.97 Å². The largest absolute Gasteiger partial charge is 0.488 e. The van der Waals surface area contributed by atoms with Crippen LogP contribution in [0.4, 0.5) is 20.4 Å². The van der Waals surface area contributed by atoms with Crippen LogP contribution in [0, 0.1) is 23.1 Å². The number of benzene rings is 3. The van der Waals surface area contributed by atoms with Crippen LogP contribution in [-0.4, -0.2) is 16.2 Å². The zero-order chi connectivity index (χ0) is 24.6. The summed E-state index contributed by atoms with van der Waals surface area (Å²) in [6.07, 6.45) is 4.78. The molecule has 9 heteroatoms. The highest BCUT2D eigenvalue weighted by Gasteiger charge is 2.16. The molecule has 3 aromatic carbocycles. The van der Waals surface area contributed by atoms with Crippen molar-refractivity contribution in [3.8, 4) is 23.2 Å². The van der Waals surface area contributed by atoms with Crippen molar-refractivity contribution >= 4 is 22.3 Å². The topological polar surface area (TPSA) is 83.2 Å². The monoisotopic (exact) mass is 489 g/mol. The normalized spacial score (nSPS) is 11.6. The number of nitrogens with one attached hydrogen (secondary N) is 1. The lowest BCUT2D eigenvalue weighted by atomic mass is 10.1. The van der Waals surface area contributed by atoms with Crippen LogP contribution < -0.4 is 10.1 Å². The molecule has 0 fully saturated rings. The van der Waals surface area contributed by atoms with Crippen molar-refractivity contribution in [3.05, 3.63) is 102 Å². The zero-order valence-electron chi connectivity index (χ0n) is 18.8. The van der Waals surface area contributed by atoms with E-state index in [0.29, 0.717) is 17.0 Å². The molecule has 4 rings (SSSR count). The number of nitrogens with zero attached hydrogens (tertiary/aromatic N) is 4. The molecule has 0 saturated heterocycles. The van der Waals surface area contributed by atoms with Crippen molar-refractivity contribution in [1.29, 1.82) is 5.26 Å². The number of anilines is 2. The van der Waals surface area contributed by atoms with Crippen LogP contribution in [0.1, 0.15) is 11.1 Å². The Morgan fingerprint density at radius 1 is 1.03 bits per heavy atom. The van der Waals surface area contributed by atoms with Gasteiger partial charge in [-0.25, -0.2) is 18.7 Å². The lowest BCUT2D eigenvalue weighted by Crippen LogP contribution is -2.03. The molecule has 0 saturated carbocycles. The average Bonchev–Trinajstić information content (AvgIpc) is 2.85. The van der Waals surface area contributed by atoms with Crippen molar-refractivity contribution in [2.45, 2.75) is 12.4 Å². The predicted molar refractivity (Wildman–Crippen MR) is 133 cm³/mol. The molecule has 6 nitrogen and oxygen atoms in total. The first-order valence-corrected chi connectivity index (χ1v) is 12.4. The van der Waals surface area contributed by atoms with Crippen LogP contribution in [-0.2, 0) is 23.1 Å². The summed E-state index contributed by atoms with van der Waals surface area (Å²) >= 11 is 0. The average molecular weight is 490 g/mol. The van der Waals surface area contributed by atoms with Gasteiger partial charge in [0.25, 0.3) is 0 Å².